The van der Waals surface area contributed by atoms with Crippen molar-refractivity contribution in [2.45, 2.75) is 52.5 Å². The molecule has 0 fully saturated rings. The number of aromatic nitrogens is 2. The molecule has 0 bridgehead atoms. The zero-order valence-electron chi connectivity index (χ0n) is 11.4. The number of nitrogens with zero attached hydrogens (tertiary/aromatic N) is 2. The summed E-state index contributed by atoms with van der Waals surface area (Å²) in [7, 11) is -2.81. The first kappa shape index (κ1) is 15.2. The Morgan fingerprint density at radius 3 is 2.50 bits per heavy atom. The maximum atomic E-state index is 11.6. The third-order valence-electron chi connectivity index (χ3n) is 2.91. The molecule has 1 aromatic rings. The first-order chi connectivity index (χ1) is 8.53. The van der Waals surface area contributed by atoms with Gasteiger partial charge in [-0.15, -0.1) is 0 Å². The van der Waals surface area contributed by atoms with Gasteiger partial charge in [0, 0.05) is 12.7 Å². The summed E-state index contributed by atoms with van der Waals surface area (Å²) in [6.07, 6.45) is 8.29. The number of aryl methyl sites for hydroxylation is 2. The minimum Gasteiger partial charge on any atom is -0.272 e. The summed E-state index contributed by atoms with van der Waals surface area (Å²) >= 11 is 0. The second-order valence-corrected chi connectivity index (χ2v) is 7.15. The van der Waals surface area contributed by atoms with Gasteiger partial charge in [-0.05, 0) is 31.7 Å². The van der Waals surface area contributed by atoms with E-state index in [2.05, 4.69) is 5.10 Å². The van der Waals surface area contributed by atoms with Gasteiger partial charge in [0.1, 0.15) is 9.84 Å². The molecule has 18 heavy (non-hydrogen) atoms. The number of rotatable bonds is 9. The van der Waals surface area contributed by atoms with Gasteiger partial charge in [-0.25, -0.2) is 8.42 Å². The summed E-state index contributed by atoms with van der Waals surface area (Å²) in [6.45, 7) is 4.91. The lowest BCUT2D eigenvalue weighted by Gasteiger charge is -2.04. The molecule has 0 amide bonds. The third-order valence-corrected chi connectivity index (χ3v) is 4.74. The van der Waals surface area contributed by atoms with Crippen LogP contribution in [-0.4, -0.2) is 29.7 Å². The van der Waals surface area contributed by atoms with E-state index in [1.54, 1.807) is 0 Å². The van der Waals surface area contributed by atoms with Crippen LogP contribution in [0.4, 0.5) is 0 Å². The fraction of sp³-hybridized carbons (Fsp3) is 0.769. The fourth-order valence-corrected chi connectivity index (χ4v) is 3.40. The molecule has 0 atom stereocenters. The average Bonchev–Trinajstić information content (AvgIpc) is 2.72. The van der Waals surface area contributed by atoms with Crippen molar-refractivity contribution in [3.63, 3.8) is 0 Å². The standard InChI is InChI=1S/C13H24N2O2S/c1-3-4-9-18(16,17)10-7-5-6-8-15-12-13(2)11-14-15/h11-12H,3-10H2,1-2H3. The van der Waals surface area contributed by atoms with Gasteiger partial charge in [0.25, 0.3) is 0 Å². The summed E-state index contributed by atoms with van der Waals surface area (Å²) in [5.41, 5.74) is 1.16. The van der Waals surface area contributed by atoms with Gasteiger partial charge in [-0.3, -0.25) is 4.68 Å². The van der Waals surface area contributed by atoms with Crippen LogP contribution in [0, 0.1) is 6.92 Å². The van der Waals surface area contributed by atoms with Gasteiger partial charge in [0.15, 0.2) is 0 Å². The van der Waals surface area contributed by atoms with Gasteiger partial charge in [0.05, 0.1) is 17.7 Å². The van der Waals surface area contributed by atoms with Gasteiger partial charge in [-0.2, -0.15) is 5.10 Å². The zero-order chi connectivity index (χ0) is 13.4. The van der Waals surface area contributed by atoms with Gasteiger partial charge in [0.2, 0.25) is 0 Å². The van der Waals surface area contributed by atoms with Crippen LogP contribution in [0.2, 0.25) is 0 Å². The van der Waals surface area contributed by atoms with Crippen molar-refractivity contribution in [3.8, 4) is 0 Å². The van der Waals surface area contributed by atoms with E-state index in [4.69, 9.17) is 0 Å². The van der Waals surface area contributed by atoms with E-state index in [-0.39, 0.29) is 0 Å². The quantitative estimate of drug-likeness (QED) is 0.649. The fourth-order valence-electron chi connectivity index (χ4n) is 1.83. The zero-order valence-corrected chi connectivity index (χ0v) is 12.2. The minimum atomic E-state index is -2.81. The first-order valence-corrected chi connectivity index (χ1v) is 8.55. The van der Waals surface area contributed by atoms with E-state index in [0.717, 1.165) is 44.2 Å². The molecule has 0 aliphatic heterocycles. The van der Waals surface area contributed by atoms with E-state index < -0.39 is 9.84 Å². The second kappa shape index (κ2) is 7.56. The first-order valence-electron chi connectivity index (χ1n) is 6.73. The van der Waals surface area contributed by atoms with Crippen LogP contribution in [0.15, 0.2) is 12.4 Å². The molecule has 0 aliphatic carbocycles. The van der Waals surface area contributed by atoms with Gasteiger partial charge >= 0.3 is 0 Å². The normalized spacial score (nSPS) is 11.9. The van der Waals surface area contributed by atoms with E-state index in [0.29, 0.717) is 11.5 Å². The number of hydrogen-bond acceptors (Lipinski definition) is 3. The SMILES string of the molecule is CCCCS(=O)(=O)CCCCCn1cc(C)cn1. The number of hydrogen-bond donors (Lipinski definition) is 0. The lowest BCUT2D eigenvalue weighted by Crippen LogP contribution is -2.11. The maximum Gasteiger partial charge on any atom is 0.150 e. The Labute approximate surface area is 110 Å². The number of unbranched alkanes of at least 4 members (excludes halogenated alkanes) is 3. The smallest absolute Gasteiger partial charge is 0.150 e. The summed E-state index contributed by atoms with van der Waals surface area (Å²) in [4.78, 5) is 0. The molecular weight excluding hydrogens is 248 g/mol. The Bertz CT molecular complexity index is 438. The highest BCUT2D eigenvalue weighted by Crippen LogP contribution is 2.05. The topological polar surface area (TPSA) is 52.0 Å². The van der Waals surface area contributed by atoms with Crippen LogP contribution in [0.5, 0.6) is 0 Å². The largest absolute Gasteiger partial charge is 0.272 e. The lowest BCUT2D eigenvalue weighted by molar-refractivity contribution is 0.547. The van der Waals surface area contributed by atoms with Crippen LogP contribution in [0.1, 0.15) is 44.6 Å². The highest BCUT2D eigenvalue weighted by molar-refractivity contribution is 7.91. The van der Waals surface area contributed by atoms with Gasteiger partial charge < -0.3 is 0 Å². The van der Waals surface area contributed by atoms with Crippen LogP contribution in [0.3, 0.4) is 0 Å². The Morgan fingerprint density at radius 1 is 1.17 bits per heavy atom. The third kappa shape index (κ3) is 6.19. The molecule has 1 rings (SSSR count). The van der Waals surface area contributed by atoms with Crippen molar-refractivity contribution in [1.82, 2.24) is 9.78 Å². The van der Waals surface area contributed by atoms with Crippen molar-refractivity contribution in [3.05, 3.63) is 18.0 Å². The minimum absolute atomic E-state index is 0.338. The Hall–Kier alpha value is -0.840. The molecule has 0 radical (unpaired) electrons. The molecule has 4 nitrogen and oxygen atoms in total. The molecule has 0 saturated heterocycles. The maximum absolute atomic E-state index is 11.6. The summed E-state index contributed by atoms with van der Waals surface area (Å²) < 4.78 is 25.1. The monoisotopic (exact) mass is 272 g/mol. The van der Waals surface area contributed by atoms with Crippen molar-refractivity contribution in [1.29, 1.82) is 0 Å². The highest BCUT2D eigenvalue weighted by Gasteiger charge is 2.08. The molecule has 0 unspecified atom stereocenters. The van der Waals surface area contributed by atoms with Crippen LogP contribution >= 0.6 is 0 Å². The average molecular weight is 272 g/mol. The molecule has 0 aliphatic rings. The molecule has 0 saturated carbocycles. The molecule has 104 valence electrons. The Morgan fingerprint density at radius 2 is 1.89 bits per heavy atom. The van der Waals surface area contributed by atoms with E-state index in [9.17, 15) is 8.42 Å². The van der Waals surface area contributed by atoms with Crippen LogP contribution in [0.25, 0.3) is 0 Å². The second-order valence-electron chi connectivity index (χ2n) is 4.85. The van der Waals surface area contributed by atoms with Crippen LogP contribution in [-0.2, 0) is 16.4 Å². The Kier molecular flexibility index (Phi) is 6.39. The molecule has 1 heterocycles. The predicted molar refractivity (Wildman–Crippen MR) is 74.4 cm³/mol. The summed E-state index contributed by atoms with van der Waals surface area (Å²) in [5.74, 6) is 0.687. The number of sulfone groups is 1. The van der Waals surface area contributed by atoms with Crippen molar-refractivity contribution in [2.75, 3.05) is 11.5 Å². The van der Waals surface area contributed by atoms with Crippen molar-refractivity contribution in [2.24, 2.45) is 0 Å². The van der Waals surface area contributed by atoms with Crippen LogP contribution < -0.4 is 0 Å². The van der Waals surface area contributed by atoms with Gasteiger partial charge in [-0.1, -0.05) is 19.8 Å². The van der Waals surface area contributed by atoms with Crippen molar-refractivity contribution >= 4 is 9.84 Å². The summed E-state index contributed by atoms with van der Waals surface area (Å²) in [6, 6.07) is 0. The molecule has 1 aromatic heterocycles. The molecule has 0 spiro atoms. The van der Waals surface area contributed by atoms with E-state index in [1.165, 1.54) is 0 Å². The summed E-state index contributed by atoms with van der Waals surface area (Å²) in [5, 5.41) is 4.20. The molecule has 0 aromatic carbocycles. The molecule has 0 N–H and O–H groups in total. The lowest BCUT2D eigenvalue weighted by atomic mass is 10.2. The predicted octanol–water partition coefficient (Wildman–Crippen LogP) is 2.58. The van der Waals surface area contributed by atoms with E-state index >= 15 is 0 Å². The highest BCUT2D eigenvalue weighted by atomic mass is 32.2. The molecular formula is C13H24N2O2S. The van der Waals surface area contributed by atoms with E-state index in [1.807, 2.05) is 30.9 Å². The van der Waals surface area contributed by atoms with Crippen molar-refractivity contribution < 1.29 is 8.42 Å². The molecule has 5 heteroatoms. The Balaban J connectivity index is 2.11.